The lowest BCUT2D eigenvalue weighted by Gasteiger charge is -2.20. The number of rotatable bonds is 7. The van der Waals surface area contributed by atoms with Gasteiger partial charge in [-0.2, -0.15) is 0 Å². The molecule has 0 bridgehead atoms. The Kier molecular flexibility index (Phi) is 7.22. The molecular weight excluding hydrogens is 287 g/mol. The van der Waals surface area contributed by atoms with Crippen LogP contribution in [-0.4, -0.2) is 12.3 Å². The molecule has 0 aliphatic heterocycles. The van der Waals surface area contributed by atoms with Crippen LogP contribution in [-0.2, 0) is 0 Å². The van der Waals surface area contributed by atoms with Gasteiger partial charge in [0.25, 0.3) is 0 Å². The third kappa shape index (κ3) is 5.42. The molecule has 1 unspecified atom stereocenters. The average Bonchev–Trinajstić information content (AvgIpc) is 3.08. The molecule has 1 atom stereocenters. The van der Waals surface area contributed by atoms with Crippen LogP contribution >= 0.6 is 0 Å². The monoisotopic (exact) mass is 318 g/mol. The molecule has 0 saturated heterocycles. The van der Waals surface area contributed by atoms with Crippen LogP contribution < -0.4 is 5.73 Å². The summed E-state index contributed by atoms with van der Waals surface area (Å²) in [6.07, 6.45) is 14.2. The van der Waals surface area contributed by atoms with Crippen LogP contribution in [0.5, 0.6) is 0 Å². The van der Waals surface area contributed by atoms with Crippen molar-refractivity contribution >= 4 is 5.71 Å². The second-order valence-electron chi connectivity index (χ2n) is 7.08. The van der Waals surface area contributed by atoms with Crippen LogP contribution in [0.1, 0.15) is 65.2 Å². The van der Waals surface area contributed by atoms with E-state index in [1.54, 1.807) is 0 Å². The van der Waals surface area contributed by atoms with Gasteiger partial charge in [0, 0.05) is 23.9 Å². The molecule has 2 aliphatic carbocycles. The lowest BCUT2D eigenvalue weighted by molar-refractivity contribution is 0.616. The Morgan fingerprint density at radius 2 is 2.09 bits per heavy atom. The van der Waals surface area contributed by atoms with Crippen LogP contribution in [0.2, 0.25) is 0 Å². The van der Waals surface area contributed by atoms with E-state index in [0.29, 0.717) is 30.3 Å². The molecule has 2 nitrogen and oxygen atoms in total. The lowest BCUT2D eigenvalue weighted by atomic mass is 9.89. The van der Waals surface area contributed by atoms with Gasteiger partial charge in [-0.25, -0.2) is 4.39 Å². The van der Waals surface area contributed by atoms with E-state index in [2.05, 4.69) is 26.0 Å². The Morgan fingerprint density at radius 3 is 2.70 bits per heavy atom. The third-order valence-corrected chi connectivity index (χ3v) is 5.23. The van der Waals surface area contributed by atoms with Crippen molar-refractivity contribution in [1.29, 1.82) is 0 Å². The van der Waals surface area contributed by atoms with Crippen LogP contribution in [0.15, 0.2) is 40.3 Å². The summed E-state index contributed by atoms with van der Waals surface area (Å²) in [5.74, 6) is 1.19. The predicted octanol–water partition coefficient (Wildman–Crippen LogP) is 5.47. The number of hydrogen-bond donors (Lipinski definition) is 1. The molecule has 128 valence electrons. The van der Waals surface area contributed by atoms with Gasteiger partial charge in [0.1, 0.15) is 0 Å². The second-order valence-corrected chi connectivity index (χ2v) is 7.08. The number of nitrogens with zero attached hydrogens (tertiary/aromatic N) is 1. The van der Waals surface area contributed by atoms with Crippen molar-refractivity contribution in [2.75, 3.05) is 6.54 Å². The van der Waals surface area contributed by atoms with E-state index in [4.69, 9.17) is 10.7 Å². The minimum Gasteiger partial charge on any atom is -0.327 e. The molecular formula is C20H31FN2. The van der Waals surface area contributed by atoms with Crippen molar-refractivity contribution in [2.24, 2.45) is 22.6 Å². The Morgan fingerprint density at radius 1 is 1.35 bits per heavy atom. The summed E-state index contributed by atoms with van der Waals surface area (Å²) >= 11 is 0. The standard InChI is InChI=1S/C20H31FN2/c1-15-12-17(6-5-7-18(13-21)14-22)10-11-20(15)23-16(2)19-8-3-4-9-19/h10-11,13,15,19H,3-9,12,14,22H2,1-2H3/b18-13-,23-16+. The zero-order valence-corrected chi connectivity index (χ0v) is 14.7. The van der Waals surface area contributed by atoms with E-state index in [0.717, 1.165) is 25.7 Å². The van der Waals surface area contributed by atoms with Gasteiger partial charge in [-0.15, -0.1) is 0 Å². The molecule has 0 radical (unpaired) electrons. The number of allylic oxidation sites excluding steroid dienone is 4. The highest BCUT2D eigenvalue weighted by atomic mass is 19.1. The first kappa shape index (κ1) is 18.1. The molecule has 2 N–H and O–H groups in total. The average molecular weight is 318 g/mol. The number of nitrogens with two attached hydrogens (primary N) is 1. The molecule has 1 fully saturated rings. The fraction of sp³-hybridized carbons (Fsp3) is 0.650. The first-order valence-electron chi connectivity index (χ1n) is 9.07. The van der Waals surface area contributed by atoms with Crippen molar-refractivity contribution in [2.45, 2.75) is 65.2 Å². The Hall–Kier alpha value is -1.22. The van der Waals surface area contributed by atoms with Crippen molar-refractivity contribution in [1.82, 2.24) is 0 Å². The van der Waals surface area contributed by atoms with Gasteiger partial charge < -0.3 is 5.73 Å². The van der Waals surface area contributed by atoms with Gasteiger partial charge in [-0.3, -0.25) is 4.99 Å². The first-order chi connectivity index (χ1) is 11.1. The van der Waals surface area contributed by atoms with Gasteiger partial charge in [-0.05, 0) is 63.0 Å². The number of aliphatic imine (C=N–C) groups is 1. The Labute approximate surface area is 140 Å². The molecule has 0 aromatic rings. The smallest absolute Gasteiger partial charge is 0.0871 e. The molecule has 2 aliphatic rings. The number of hydrogen-bond acceptors (Lipinski definition) is 2. The minimum atomic E-state index is 0.325. The maximum Gasteiger partial charge on any atom is 0.0871 e. The molecule has 0 aromatic heterocycles. The summed E-state index contributed by atoms with van der Waals surface area (Å²) in [6, 6.07) is 0. The van der Waals surface area contributed by atoms with Crippen LogP contribution in [0.4, 0.5) is 4.39 Å². The van der Waals surface area contributed by atoms with Crippen molar-refractivity contribution in [3.63, 3.8) is 0 Å². The zero-order valence-electron chi connectivity index (χ0n) is 14.7. The van der Waals surface area contributed by atoms with Gasteiger partial charge in [-0.1, -0.05) is 31.4 Å². The first-order valence-corrected chi connectivity index (χ1v) is 9.07. The largest absolute Gasteiger partial charge is 0.327 e. The van der Waals surface area contributed by atoms with Crippen LogP contribution in [0.25, 0.3) is 0 Å². The highest BCUT2D eigenvalue weighted by molar-refractivity contribution is 5.85. The van der Waals surface area contributed by atoms with Crippen LogP contribution in [0.3, 0.4) is 0 Å². The summed E-state index contributed by atoms with van der Waals surface area (Å²) in [6.45, 7) is 4.78. The van der Waals surface area contributed by atoms with E-state index in [1.165, 1.54) is 42.7 Å². The normalized spacial score (nSPS) is 23.9. The van der Waals surface area contributed by atoms with E-state index < -0.39 is 0 Å². The fourth-order valence-electron chi connectivity index (χ4n) is 3.65. The van der Waals surface area contributed by atoms with Gasteiger partial charge in [0.2, 0.25) is 0 Å². The lowest BCUT2D eigenvalue weighted by Crippen LogP contribution is -2.10. The van der Waals surface area contributed by atoms with Crippen molar-refractivity contribution < 1.29 is 4.39 Å². The zero-order chi connectivity index (χ0) is 16.7. The van der Waals surface area contributed by atoms with Crippen LogP contribution in [0, 0.1) is 11.8 Å². The maximum absolute atomic E-state index is 12.5. The summed E-state index contributed by atoms with van der Waals surface area (Å²) in [4.78, 5) is 4.93. The van der Waals surface area contributed by atoms with Gasteiger partial charge >= 0.3 is 0 Å². The molecule has 0 aromatic carbocycles. The maximum atomic E-state index is 12.5. The van der Waals surface area contributed by atoms with Gasteiger partial charge in [0.05, 0.1) is 6.33 Å². The van der Waals surface area contributed by atoms with E-state index in [9.17, 15) is 4.39 Å². The summed E-state index contributed by atoms with van der Waals surface area (Å²) in [5.41, 5.74) is 10.2. The van der Waals surface area contributed by atoms with Gasteiger partial charge in [0.15, 0.2) is 0 Å². The molecule has 3 heteroatoms. The third-order valence-electron chi connectivity index (χ3n) is 5.23. The molecule has 23 heavy (non-hydrogen) atoms. The summed E-state index contributed by atoms with van der Waals surface area (Å²) in [5, 5.41) is 0. The highest BCUT2D eigenvalue weighted by Gasteiger charge is 2.20. The molecule has 0 heterocycles. The second kappa shape index (κ2) is 9.17. The Balaban J connectivity index is 1.90. The molecule has 0 spiro atoms. The highest BCUT2D eigenvalue weighted by Crippen LogP contribution is 2.31. The SMILES string of the molecule is C/C(=N\C1=CC=C(CCC/C(=C/F)CN)CC1C)C1CCCC1. The van der Waals surface area contributed by atoms with E-state index >= 15 is 0 Å². The van der Waals surface area contributed by atoms with Crippen molar-refractivity contribution in [3.05, 3.63) is 35.3 Å². The Bertz CT molecular complexity index is 508. The summed E-state index contributed by atoms with van der Waals surface area (Å²) < 4.78 is 12.5. The number of halogens is 1. The van der Waals surface area contributed by atoms with E-state index in [-0.39, 0.29) is 0 Å². The van der Waals surface area contributed by atoms with E-state index in [1.807, 2.05) is 0 Å². The molecule has 0 amide bonds. The fourth-order valence-corrected chi connectivity index (χ4v) is 3.65. The summed E-state index contributed by atoms with van der Waals surface area (Å²) in [7, 11) is 0. The molecule has 2 rings (SSSR count). The quantitative estimate of drug-likeness (QED) is 0.621. The predicted molar refractivity (Wildman–Crippen MR) is 97.1 cm³/mol. The van der Waals surface area contributed by atoms with Crippen molar-refractivity contribution in [3.8, 4) is 0 Å². The minimum absolute atomic E-state index is 0.325. The topological polar surface area (TPSA) is 38.4 Å². The molecule has 1 saturated carbocycles.